The fourth-order valence-electron chi connectivity index (χ4n) is 3.73. The van der Waals surface area contributed by atoms with Crippen LogP contribution in [0.1, 0.15) is 40.8 Å². The molecule has 1 saturated heterocycles. The van der Waals surface area contributed by atoms with Crippen molar-refractivity contribution in [1.82, 2.24) is 20.2 Å². The van der Waals surface area contributed by atoms with Crippen molar-refractivity contribution < 1.29 is 13.8 Å². The summed E-state index contributed by atoms with van der Waals surface area (Å²) < 4.78 is 11.9. The zero-order chi connectivity index (χ0) is 21.4. The lowest BCUT2D eigenvalue weighted by molar-refractivity contribution is 0.0699. The predicted molar refractivity (Wildman–Crippen MR) is 117 cm³/mol. The van der Waals surface area contributed by atoms with E-state index in [1.165, 1.54) is 0 Å². The zero-order valence-corrected chi connectivity index (χ0v) is 18.4. The second kappa shape index (κ2) is 8.11. The molecule has 1 atom stereocenters. The van der Waals surface area contributed by atoms with E-state index in [1.807, 2.05) is 55.5 Å². The Hall–Kier alpha value is -3.26. The number of amides is 1. The second-order valence-electron chi connectivity index (χ2n) is 7.56. The van der Waals surface area contributed by atoms with Gasteiger partial charge in [0.1, 0.15) is 6.04 Å². The van der Waals surface area contributed by atoms with Crippen molar-refractivity contribution >= 4 is 21.8 Å². The summed E-state index contributed by atoms with van der Waals surface area (Å²) in [7, 11) is 0. The van der Waals surface area contributed by atoms with Crippen molar-refractivity contribution in [3.63, 3.8) is 0 Å². The molecular weight excluding hydrogens is 460 g/mol. The molecule has 31 heavy (non-hydrogen) atoms. The van der Waals surface area contributed by atoms with Crippen LogP contribution < -0.4 is 0 Å². The molecule has 8 heteroatoms. The van der Waals surface area contributed by atoms with E-state index in [0.717, 1.165) is 34.0 Å². The SMILES string of the molecule is Cc1ccc(-c2cc(C(=O)N3CCCC3c3nc(-c4ccc(Br)cc4)no3)no2)cc1. The van der Waals surface area contributed by atoms with Gasteiger partial charge in [-0.2, -0.15) is 4.98 Å². The van der Waals surface area contributed by atoms with Gasteiger partial charge in [-0.05, 0) is 44.0 Å². The quantitative estimate of drug-likeness (QED) is 0.388. The van der Waals surface area contributed by atoms with Crippen LogP contribution in [0.4, 0.5) is 0 Å². The molecule has 2 aromatic carbocycles. The molecule has 0 spiro atoms. The Kier molecular flexibility index (Phi) is 5.15. The highest BCUT2D eigenvalue weighted by Gasteiger charge is 2.36. The minimum atomic E-state index is -0.274. The van der Waals surface area contributed by atoms with E-state index in [1.54, 1.807) is 11.0 Å². The Morgan fingerprint density at radius 3 is 2.55 bits per heavy atom. The van der Waals surface area contributed by atoms with E-state index >= 15 is 0 Å². The Morgan fingerprint density at radius 1 is 1.03 bits per heavy atom. The topological polar surface area (TPSA) is 85.3 Å². The van der Waals surface area contributed by atoms with Crippen LogP contribution in [0.3, 0.4) is 0 Å². The number of aromatic nitrogens is 3. The maximum Gasteiger partial charge on any atom is 0.276 e. The first kappa shape index (κ1) is 19.7. The van der Waals surface area contributed by atoms with Gasteiger partial charge >= 0.3 is 0 Å². The highest BCUT2D eigenvalue weighted by Crippen LogP contribution is 2.34. The molecule has 0 aliphatic carbocycles. The smallest absolute Gasteiger partial charge is 0.276 e. The third-order valence-electron chi connectivity index (χ3n) is 5.41. The monoisotopic (exact) mass is 478 g/mol. The first-order valence-electron chi connectivity index (χ1n) is 10.0. The molecule has 5 rings (SSSR count). The summed E-state index contributed by atoms with van der Waals surface area (Å²) in [4.78, 5) is 19.4. The summed E-state index contributed by atoms with van der Waals surface area (Å²) in [5.74, 6) is 1.30. The molecular formula is C23H19BrN4O3. The van der Waals surface area contributed by atoms with E-state index in [4.69, 9.17) is 9.05 Å². The van der Waals surface area contributed by atoms with Crippen molar-refractivity contribution in [1.29, 1.82) is 0 Å². The van der Waals surface area contributed by atoms with Crippen LogP contribution >= 0.6 is 15.9 Å². The molecule has 7 nitrogen and oxygen atoms in total. The lowest BCUT2D eigenvalue weighted by atomic mass is 10.1. The summed E-state index contributed by atoms with van der Waals surface area (Å²) in [5, 5.41) is 8.12. The predicted octanol–water partition coefficient (Wildman–Crippen LogP) is 5.44. The van der Waals surface area contributed by atoms with Gasteiger partial charge in [0.2, 0.25) is 11.7 Å². The van der Waals surface area contributed by atoms with E-state index < -0.39 is 0 Å². The molecule has 2 aromatic heterocycles. The first-order valence-corrected chi connectivity index (χ1v) is 10.8. The van der Waals surface area contributed by atoms with Crippen LogP contribution in [-0.2, 0) is 0 Å². The average molecular weight is 479 g/mol. The number of aryl methyl sites for hydroxylation is 1. The van der Waals surface area contributed by atoms with Crippen LogP contribution in [0.2, 0.25) is 0 Å². The number of benzene rings is 2. The van der Waals surface area contributed by atoms with Gasteiger partial charge in [0.15, 0.2) is 11.5 Å². The number of hydrogen-bond donors (Lipinski definition) is 0. The molecule has 0 bridgehead atoms. The van der Waals surface area contributed by atoms with Crippen LogP contribution in [0.5, 0.6) is 0 Å². The zero-order valence-electron chi connectivity index (χ0n) is 16.8. The van der Waals surface area contributed by atoms with Gasteiger partial charge in [0, 0.05) is 28.2 Å². The Labute approximate surface area is 187 Å². The molecule has 0 N–H and O–H groups in total. The summed E-state index contributed by atoms with van der Waals surface area (Å²) in [6, 6.07) is 17.0. The number of nitrogens with zero attached hydrogens (tertiary/aromatic N) is 4. The van der Waals surface area contributed by atoms with Crippen LogP contribution in [0.15, 0.2) is 68.1 Å². The summed E-state index contributed by atoms with van der Waals surface area (Å²) in [5.41, 5.74) is 3.16. The first-order chi connectivity index (χ1) is 15.1. The number of halogens is 1. The maximum atomic E-state index is 13.2. The van der Waals surface area contributed by atoms with E-state index in [0.29, 0.717) is 24.0 Å². The minimum absolute atomic E-state index is 0.201. The Balaban J connectivity index is 1.36. The van der Waals surface area contributed by atoms with Gasteiger partial charge < -0.3 is 13.9 Å². The normalized spacial score (nSPS) is 16.1. The second-order valence-corrected chi connectivity index (χ2v) is 8.48. The van der Waals surface area contributed by atoms with E-state index in [-0.39, 0.29) is 17.6 Å². The van der Waals surface area contributed by atoms with Gasteiger partial charge in [0.25, 0.3) is 5.91 Å². The molecule has 156 valence electrons. The van der Waals surface area contributed by atoms with E-state index in [2.05, 4.69) is 31.2 Å². The van der Waals surface area contributed by atoms with Crippen molar-refractivity contribution in [2.75, 3.05) is 6.54 Å². The standard InChI is InChI=1S/C23H19BrN4O3/c1-14-4-6-15(7-5-14)20-13-18(26-30-20)23(29)28-12-2-3-19(28)22-25-21(27-31-22)16-8-10-17(24)11-9-16/h4-11,13,19H,2-3,12H2,1H3. The van der Waals surface area contributed by atoms with Crippen molar-refractivity contribution in [2.24, 2.45) is 0 Å². The number of hydrogen-bond acceptors (Lipinski definition) is 6. The molecule has 0 radical (unpaired) electrons. The number of rotatable bonds is 4. The highest BCUT2D eigenvalue weighted by molar-refractivity contribution is 9.10. The molecule has 1 fully saturated rings. The van der Waals surface area contributed by atoms with Gasteiger partial charge in [-0.25, -0.2) is 0 Å². The third kappa shape index (κ3) is 3.90. The van der Waals surface area contributed by atoms with Gasteiger partial charge in [-0.3, -0.25) is 4.79 Å². The van der Waals surface area contributed by atoms with Crippen molar-refractivity contribution in [3.05, 3.63) is 76.2 Å². The Bertz CT molecular complexity index is 1210. The van der Waals surface area contributed by atoms with E-state index in [9.17, 15) is 4.79 Å². The number of carbonyl (C=O) groups is 1. The molecule has 1 aliphatic heterocycles. The van der Waals surface area contributed by atoms with Gasteiger partial charge in [-0.1, -0.05) is 56.1 Å². The van der Waals surface area contributed by atoms with Crippen molar-refractivity contribution in [3.8, 4) is 22.7 Å². The fraction of sp³-hybridized carbons (Fsp3) is 0.217. The summed E-state index contributed by atoms with van der Waals surface area (Å²) in [6.07, 6.45) is 1.62. The lowest BCUT2D eigenvalue weighted by Crippen LogP contribution is -2.31. The number of likely N-dealkylation sites (tertiary alicyclic amines) is 1. The molecule has 3 heterocycles. The third-order valence-corrected chi connectivity index (χ3v) is 5.94. The summed E-state index contributed by atoms with van der Waals surface area (Å²) >= 11 is 3.42. The summed E-state index contributed by atoms with van der Waals surface area (Å²) in [6.45, 7) is 2.62. The molecule has 0 saturated carbocycles. The van der Waals surface area contributed by atoms with Crippen LogP contribution in [0.25, 0.3) is 22.7 Å². The fourth-order valence-corrected chi connectivity index (χ4v) is 3.99. The average Bonchev–Trinajstić information content (AvgIpc) is 3.54. The largest absolute Gasteiger partial charge is 0.355 e. The maximum absolute atomic E-state index is 13.2. The highest BCUT2D eigenvalue weighted by atomic mass is 79.9. The van der Waals surface area contributed by atoms with Gasteiger partial charge in [0.05, 0.1) is 0 Å². The molecule has 1 amide bonds. The van der Waals surface area contributed by atoms with Gasteiger partial charge in [-0.15, -0.1) is 0 Å². The molecule has 1 aliphatic rings. The minimum Gasteiger partial charge on any atom is -0.355 e. The molecule has 1 unspecified atom stereocenters. The van der Waals surface area contributed by atoms with Crippen LogP contribution in [-0.4, -0.2) is 32.6 Å². The Morgan fingerprint density at radius 2 is 1.77 bits per heavy atom. The molecule has 4 aromatic rings. The van der Waals surface area contributed by atoms with Crippen molar-refractivity contribution in [2.45, 2.75) is 25.8 Å². The van der Waals surface area contributed by atoms with Crippen LogP contribution in [0, 0.1) is 6.92 Å². The number of carbonyl (C=O) groups excluding carboxylic acids is 1. The lowest BCUT2D eigenvalue weighted by Gasteiger charge is -2.20.